The number of hydrogen-bond acceptors (Lipinski definition) is 7. The summed E-state index contributed by atoms with van der Waals surface area (Å²) in [6.07, 6.45) is 4.19. The van der Waals surface area contributed by atoms with E-state index in [1.165, 1.54) is 4.90 Å². The zero-order chi connectivity index (χ0) is 28.6. The van der Waals surface area contributed by atoms with Crippen LogP contribution in [-0.4, -0.2) is 46.5 Å². The van der Waals surface area contributed by atoms with Crippen LogP contribution in [0.25, 0.3) is 5.76 Å². The van der Waals surface area contributed by atoms with Crippen LogP contribution in [0.15, 0.2) is 72.6 Å². The zero-order valence-corrected chi connectivity index (χ0v) is 23.4. The van der Waals surface area contributed by atoms with E-state index in [-0.39, 0.29) is 17.9 Å². The molecule has 0 aliphatic carbocycles. The van der Waals surface area contributed by atoms with Crippen molar-refractivity contribution in [1.29, 1.82) is 0 Å². The van der Waals surface area contributed by atoms with Gasteiger partial charge < -0.3 is 24.2 Å². The molecule has 1 unspecified atom stereocenters. The van der Waals surface area contributed by atoms with Crippen LogP contribution < -0.4 is 14.2 Å². The number of Topliss-reactive ketones (excluding diaryl/α,β-unsaturated/α-hetero) is 1. The topological polar surface area (TPSA) is 98.2 Å². The van der Waals surface area contributed by atoms with Gasteiger partial charge in [-0.25, -0.2) is 0 Å². The summed E-state index contributed by atoms with van der Waals surface area (Å²) in [6, 6.07) is 14.9. The molecule has 210 valence electrons. The van der Waals surface area contributed by atoms with E-state index in [9.17, 15) is 14.7 Å². The third kappa shape index (κ3) is 6.45. The van der Waals surface area contributed by atoms with Crippen LogP contribution in [0.3, 0.4) is 0 Å². The van der Waals surface area contributed by atoms with E-state index in [1.807, 2.05) is 26.0 Å². The maximum Gasteiger partial charge on any atom is 0.295 e. The number of ether oxygens (including phenoxy) is 3. The Hall–Kier alpha value is -4.33. The van der Waals surface area contributed by atoms with E-state index < -0.39 is 17.7 Å². The summed E-state index contributed by atoms with van der Waals surface area (Å²) < 4.78 is 17.4. The molecule has 1 amide bonds. The molecule has 8 nitrogen and oxygen atoms in total. The van der Waals surface area contributed by atoms with Gasteiger partial charge >= 0.3 is 0 Å². The number of carbonyl (C=O) groups excluding carboxylic acids is 2. The van der Waals surface area contributed by atoms with Crippen molar-refractivity contribution in [2.24, 2.45) is 5.92 Å². The quantitative estimate of drug-likeness (QED) is 0.172. The van der Waals surface area contributed by atoms with Gasteiger partial charge in [-0.15, -0.1) is 0 Å². The van der Waals surface area contributed by atoms with Crippen LogP contribution in [0.2, 0.25) is 0 Å². The van der Waals surface area contributed by atoms with Crippen LogP contribution in [0.1, 0.15) is 56.8 Å². The van der Waals surface area contributed by atoms with Crippen molar-refractivity contribution in [1.82, 2.24) is 9.88 Å². The molecule has 0 bridgehead atoms. The first-order chi connectivity index (χ1) is 19.3. The van der Waals surface area contributed by atoms with Gasteiger partial charge in [-0.05, 0) is 79.8 Å². The van der Waals surface area contributed by atoms with Gasteiger partial charge in [0.1, 0.15) is 11.5 Å². The highest BCUT2D eigenvalue weighted by molar-refractivity contribution is 6.46. The summed E-state index contributed by atoms with van der Waals surface area (Å²) in [7, 11) is 0. The predicted molar refractivity (Wildman–Crippen MR) is 152 cm³/mol. The fourth-order valence-electron chi connectivity index (χ4n) is 4.60. The van der Waals surface area contributed by atoms with Crippen molar-refractivity contribution < 1.29 is 28.9 Å². The standard InChI is InChI=1S/C32H36N2O6/c1-5-38-25-12-9-23(10-13-25)30(35)28-29(34(32(37)31(28)36)20-22-8-7-16-33-19-22)24-11-14-26(27(18-24)39-6-2)40-17-15-21(3)4/h7-14,16,18-19,21,29,35H,5-6,15,17,20H2,1-4H3. The Labute approximate surface area is 235 Å². The van der Waals surface area contributed by atoms with Crippen LogP contribution >= 0.6 is 0 Å². The molecule has 8 heteroatoms. The lowest BCUT2D eigenvalue weighted by Crippen LogP contribution is -2.29. The smallest absolute Gasteiger partial charge is 0.295 e. The van der Waals surface area contributed by atoms with Crippen molar-refractivity contribution >= 4 is 17.4 Å². The van der Waals surface area contributed by atoms with Gasteiger partial charge in [0.15, 0.2) is 11.5 Å². The number of nitrogens with zero attached hydrogens (tertiary/aromatic N) is 2. The van der Waals surface area contributed by atoms with Gasteiger partial charge in [0.05, 0.1) is 31.4 Å². The van der Waals surface area contributed by atoms with E-state index in [0.29, 0.717) is 54.1 Å². The van der Waals surface area contributed by atoms with Crippen molar-refractivity contribution in [3.8, 4) is 17.2 Å². The highest BCUT2D eigenvalue weighted by atomic mass is 16.5. The van der Waals surface area contributed by atoms with Crippen LogP contribution in [0.4, 0.5) is 0 Å². The largest absolute Gasteiger partial charge is 0.507 e. The molecule has 1 fully saturated rings. The first-order valence-corrected chi connectivity index (χ1v) is 13.6. The normalized spacial score (nSPS) is 16.4. The minimum absolute atomic E-state index is 0.00831. The van der Waals surface area contributed by atoms with E-state index >= 15 is 0 Å². The van der Waals surface area contributed by atoms with Crippen LogP contribution in [0, 0.1) is 5.92 Å². The molecule has 1 aliphatic rings. The molecule has 40 heavy (non-hydrogen) atoms. The molecule has 0 saturated carbocycles. The van der Waals surface area contributed by atoms with Gasteiger partial charge in [0.25, 0.3) is 11.7 Å². The molecule has 1 aliphatic heterocycles. The van der Waals surface area contributed by atoms with Gasteiger partial charge in [0, 0.05) is 24.5 Å². The molecular formula is C32H36N2O6. The number of rotatable bonds is 12. The summed E-state index contributed by atoms with van der Waals surface area (Å²) in [5.74, 6) is 0.521. The molecule has 2 aromatic carbocycles. The summed E-state index contributed by atoms with van der Waals surface area (Å²) in [5, 5.41) is 11.4. The molecule has 1 N–H and O–H groups in total. The number of pyridine rings is 1. The Bertz CT molecular complexity index is 1350. The minimum Gasteiger partial charge on any atom is -0.507 e. The average Bonchev–Trinajstić information content (AvgIpc) is 3.19. The first-order valence-electron chi connectivity index (χ1n) is 13.6. The Morgan fingerprint density at radius 2 is 1.73 bits per heavy atom. The number of aromatic nitrogens is 1. The lowest BCUT2D eigenvalue weighted by molar-refractivity contribution is -0.140. The second-order valence-corrected chi connectivity index (χ2v) is 9.92. The number of carbonyl (C=O) groups is 2. The molecule has 1 atom stereocenters. The van der Waals surface area contributed by atoms with Gasteiger partial charge in [-0.2, -0.15) is 0 Å². The number of aliphatic hydroxyl groups excluding tert-OH is 1. The third-order valence-electron chi connectivity index (χ3n) is 6.59. The van der Waals surface area contributed by atoms with E-state index in [1.54, 1.807) is 54.9 Å². The maximum atomic E-state index is 13.5. The van der Waals surface area contributed by atoms with Gasteiger partial charge in [-0.1, -0.05) is 26.0 Å². The lowest BCUT2D eigenvalue weighted by Gasteiger charge is -2.26. The molecule has 4 rings (SSSR count). The van der Waals surface area contributed by atoms with Crippen molar-refractivity contribution in [2.45, 2.75) is 46.7 Å². The fraction of sp³-hybridized carbons (Fsp3) is 0.344. The third-order valence-corrected chi connectivity index (χ3v) is 6.59. The zero-order valence-electron chi connectivity index (χ0n) is 23.4. The van der Waals surface area contributed by atoms with Gasteiger partial charge in [0.2, 0.25) is 0 Å². The Balaban J connectivity index is 1.80. The van der Waals surface area contributed by atoms with E-state index in [2.05, 4.69) is 18.8 Å². The van der Waals surface area contributed by atoms with Crippen LogP contribution in [-0.2, 0) is 16.1 Å². The average molecular weight is 545 g/mol. The summed E-state index contributed by atoms with van der Waals surface area (Å²) >= 11 is 0. The predicted octanol–water partition coefficient (Wildman–Crippen LogP) is 5.93. The number of amides is 1. The Morgan fingerprint density at radius 1 is 0.975 bits per heavy atom. The number of likely N-dealkylation sites (tertiary alicyclic amines) is 1. The highest BCUT2D eigenvalue weighted by Crippen LogP contribution is 2.43. The lowest BCUT2D eigenvalue weighted by atomic mass is 9.94. The van der Waals surface area contributed by atoms with E-state index in [0.717, 1.165) is 12.0 Å². The molecule has 0 radical (unpaired) electrons. The second-order valence-electron chi connectivity index (χ2n) is 9.92. The monoisotopic (exact) mass is 544 g/mol. The Kier molecular flexibility index (Phi) is 9.43. The van der Waals surface area contributed by atoms with Gasteiger partial charge in [-0.3, -0.25) is 14.6 Å². The fourth-order valence-corrected chi connectivity index (χ4v) is 4.60. The summed E-state index contributed by atoms with van der Waals surface area (Å²) in [6.45, 7) is 9.61. The Morgan fingerprint density at radius 3 is 2.38 bits per heavy atom. The first kappa shape index (κ1) is 28.7. The maximum absolute atomic E-state index is 13.5. The number of ketones is 1. The molecular weight excluding hydrogens is 508 g/mol. The second kappa shape index (κ2) is 13.2. The molecule has 2 heterocycles. The number of benzene rings is 2. The molecule has 1 saturated heterocycles. The van der Waals surface area contributed by atoms with Crippen molar-refractivity contribution in [3.05, 3.63) is 89.3 Å². The highest BCUT2D eigenvalue weighted by Gasteiger charge is 2.46. The molecule has 3 aromatic rings. The molecule has 0 spiro atoms. The number of hydrogen-bond donors (Lipinski definition) is 1. The van der Waals surface area contributed by atoms with Crippen LogP contribution in [0.5, 0.6) is 17.2 Å². The van der Waals surface area contributed by atoms with Crippen molar-refractivity contribution in [3.63, 3.8) is 0 Å². The van der Waals surface area contributed by atoms with E-state index in [4.69, 9.17) is 14.2 Å². The molecule has 1 aromatic heterocycles. The minimum atomic E-state index is -0.851. The summed E-state index contributed by atoms with van der Waals surface area (Å²) in [5.41, 5.74) is 1.80. The summed E-state index contributed by atoms with van der Waals surface area (Å²) in [4.78, 5) is 32.5. The number of aliphatic hydroxyl groups is 1. The SMILES string of the molecule is CCOc1ccc(C(O)=C2C(=O)C(=O)N(Cc3cccnc3)C2c2ccc(OCCC(C)C)c(OCC)c2)cc1. The van der Waals surface area contributed by atoms with Crippen molar-refractivity contribution in [2.75, 3.05) is 19.8 Å².